The van der Waals surface area contributed by atoms with Crippen LogP contribution in [0.1, 0.15) is 37.7 Å². The van der Waals surface area contributed by atoms with Gasteiger partial charge in [0, 0.05) is 19.0 Å². The third kappa shape index (κ3) is 5.40. The first-order valence-electron chi connectivity index (χ1n) is 6.84. The summed E-state index contributed by atoms with van der Waals surface area (Å²) in [5, 5.41) is 11.9. The Bertz CT molecular complexity index is 434. The summed E-state index contributed by atoms with van der Waals surface area (Å²) in [5.41, 5.74) is 6.46. The van der Waals surface area contributed by atoms with Gasteiger partial charge in [0.1, 0.15) is 0 Å². The summed E-state index contributed by atoms with van der Waals surface area (Å²) in [7, 11) is 0. The van der Waals surface area contributed by atoms with E-state index in [9.17, 15) is 14.7 Å². The molecule has 0 spiro atoms. The minimum absolute atomic E-state index is 0.0804. The third-order valence-electron chi connectivity index (χ3n) is 3.11. The van der Waals surface area contributed by atoms with Crippen LogP contribution in [0.4, 0.5) is 0 Å². The van der Waals surface area contributed by atoms with Crippen LogP contribution in [0, 0.1) is 0 Å². The molecule has 1 aromatic carbocycles. The third-order valence-corrected chi connectivity index (χ3v) is 3.11. The second kappa shape index (κ2) is 8.32. The summed E-state index contributed by atoms with van der Waals surface area (Å²) in [5.74, 6) is -1.88. The van der Waals surface area contributed by atoms with E-state index in [4.69, 9.17) is 5.73 Å². The molecule has 4 N–H and O–H groups in total. The summed E-state index contributed by atoms with van der Waals surface area (Å²) in [6, 6.07) is 8.71. The van der Waals surface area contributed by atoms with Crippen molar-refractivity contribution >= 4 is 11.9 Å². The fourth-order valence-electron chi connectivity index (χ4n) is 2.03. The molecule has 5 nitrogen and oxygen atoms in total. The number of nitrogens with one attached hydrogen (secondary N) is 1. The molecule has 0 saturated heterocycles. The van der Waals surface area contributed by atoms with Crippen LogP contribution in [0.5, 0.6) is 0 Å². The van der Waals surface area contributed by atoms with E-state index in [1.54, 1.807) is 24.3 Å². The lowest BCUT2D eigenvalue weighted by Crippen LogP contribution is -2.35. The van der Waals surface area contributed by atoms with E-state index < -0.39 is 11.9 Å². The van der Waals surface area contributed by atoms with Gasteiger partial charge in [-0.3, -0.25) is 9.59 Å². The van der Waals surface area contributed by atoms with E-state index in [2.05, 4.69) is 5.32 Å². The van der Waals surface area contributed by atoms with Crippen LogP contribution in [-0.2, 0) is 9.59 Å². The summed E-state index contributed by atoms with van der Waals surface area (Å²) in [4.78, 5) is 23.0. The van der Waals surface area contributed by atoms with Gasteiger partial charge in [-0.25, -0.2) is 0 Å². The first kappa shape index (κ1) is 16.2. The molecule has 0 fully saturated rings. The summed E-state index contributed by atoms with van der Waals surface area (Å²) in [6.07, 6.45) is 1.94. The van der Waals surface area contributed by atoms with Gasteiger partial charge in [0.05, 0.1) is 5.92 Å². The second-order valence-corrected chi connectivity index (χ2v) is 4.86. The fraction of sp³-hybridized carbons (Fsp3) is 0.467. The summed E-state index contributed by atoms with van der Waals surface area (Å²) >= 11 is 0. The molecule has 0 aliphatic heterocycles. The number of carboxylic acid groups (broad SMARTS) is 1. The molecule has 5 heteroatoms. The number of hydrogen-bond donors (Lipinski definition) is 3. The van der Waals surface area contributed by atoms with Crippen molar-refractivity contribution in [2.24, 2.45) is 5.73 Å². The highest BCUT2D eigenvalue weighted by molar-refractivity contribution is 5.80. The van der Waals surface area contributed by atoms with E-state index in [0.29, 0.717) is 5.56 Å². The molecule has 0 aromatic heterocycles. The standard InChI is InChI=1S/C15H22N2O3/c1-2-6-12(16)9-14(18)17-10-13(15(19)20)11-7-4-3-5-8-11/h3-5,7-8,12-13H,2,6,9-10,16H2,1H3,(H,17,18)(H,19,20). The largest absolute Gasteiger partial charge is 0.481 e. The van der Waals surface area contributed by atoms with E-state index in [-0.39, 0.29) is 24.9 Å². The molecule has 2 unspecified atom stereocenters. The Morgan fingerprint density at radius 2 is 1.95 bits per heavy atom. The molecule has 1 aromatic rings. The lowest BCUT2D eigenvalue weighted by atomic mass is 9.99. The van der Waals surface area contributed by atoms with Crippen LogP contribution in [0.3, 0.4) is 0 Å². The Labute approximate surface area is 119 Å². The number of rotatable bonds is 8. The lowest BCUT2D eigenvalue weighted by Gasteiger charge is -2.15. The Kier molecular flexibility index (Phi) is 6.73. The average Bonchev–Trinajstić information content (AvgIpc) is 2.40. The molecule has 0 heterocycles. The van der Waals surface area contributed by atoms with Crippen molar-refractivity contribution in [1.29, 1.82) is 0 Å². The molecule has 0 aliphatic carbocycles. The van der Waals surface area contributed by atoms with Crippen LogP contribution in [0.15, 0.2) is 30.3 Å². The van der Waals surface area contributed by atoms with Crippen molar-refractivity contribution in [3.63, 3.8) is 0 Å². The maximum absolute atomic E-state index is 11.7. The maximum Gasteiger partial charge on any atom is 0.312 e. The molecule has 20 heavy (non-hydrogen) atoms. The molecule has 0 aliphatic rings. The van der Waals surface area contributed by atoms with Gasteiger partial charge in [0.15, 0.2) is 0 Å². The molecule has 0 radical (unpaired) electrons. The number of amides is 1. The number of carbonyl (C=O) groups is 2. The zero-order chi connectivity index (χ0) is 15.0. The Hall–Kier alpha value is -1.88. The minimum atomic E-state index is -0.950. The van der Waals surface area contributed by atoms with Crippen molar-refractivity contribution in [2.75, 3.05) is 6.54 Å². The monoisotopic (exact) mass is 278 g/mol. The molecular formula is C15H22N2O3. The molecule has 1 rings (SSSR count). The zero-order valence-electron chi connectivity index (χ0n) is 11.7. The van der Waals surface area contributed by atoms with E-state index in [1.807, 2.05) is 13.0 Å². The van der Waals surface area contributed by atoms with E-state index >= 15 is 0 Å². The molecule has 1 amide bonds. The lowest BCUT2D eigenvalue weighted by molar-refractivity contribution is -0.138. The first-order valence-corrected chi connectivity index (χ1v) is 6.84. The highest BCUT2D eigenvalue weighted by Gasteiger charge is 2.20. The molecule has 110 valence electrons. The van der Waals surface area contributed by atoms with Gasteiger partial charge in [-0.1, -0.05) is 43.7 Å². The molecule has 0 saturated carbocycles. The minimum Gasteiger partial charge on any atom is -0.481 e. The topological polar surface area (TPSA) is 92.4 Å². The van der Waals surface area contributed by atoms with Gasteiger partial charge < -0.3 is 16.2 Å². The number of carboxylic acids is 1. The number of carbonyl (C=O) groups excluding carboxylic acids is 1. The zero-order valence-corrected chi connectivity index (χ0v) is 11.7. The molecule has 0 bridgehead atoms. The average molecular weight is 278 g/mol. The van der Waals surface area contributed by atoms with Gasteiger partial charge in [-0.2, -0.15) is 0 Å². The number of hydrogen-bond acceptors (Lipinski definition) is 3. The van der Waals surface area contributed by atoms with Gasteiger partial charge in [-0.15, -0.1) is 0 Å². The predicted octanol–water partition coefficient (Wildman–Crippen LogP) is 1.49. The van der Waals surface area contributed by atoms with Crippen molar-refractivity contribution in [2.45, 2.75) is 38.1 Å². The predicted molar refractivity (Wildman–Crippen MR) is 77.3 cm³/mol. The quantitative estimate of drug-likeness (QED) is 0.671. The Morgan fingerprint density at radius 3 is 2.50 bits per heavy atom. The van der Waals surface area contributed by atoms with Crippen LogP contribution in [0.25, 0.3) is 0 Å². The smallest absolute Gasteiger partial charge is 0.312 e. The SMILES string of the molecule is CCCC(N)CC(=O)NCC(C(=O)O)c1ccccc1. The van der Waals surface area contributed by atoms with Crippen LogP contribution in [-0.4, -0.2) is 29.6 Å². The molecular weight excluding hydrogens is 256 g/mol. The maximum atomic E-state index is 11.7. The Morgan fingerprint density at radius 1 is 1.30 bits per heavy atom. The van der Waals surface area contributed by atoms with Crippen LogP contribution >= 0.6 is 0 Å². The fourth-order valence-corrected chi connectivity index (χ4v) is 2.03. The van der Waals surface area contributed by atoms with Crippen molar-refractivity contribution in [3.8, 4) is 0 Å². The highest BCUT2D eigenvalue weighted by atomic mass is 16.4. The summed E-state index contributed by atoms with van der Waals surface area (Å²) in [6.45, 7) is 2.09. The van der Waals surface area contributed by atoms with E-state index in [1.165, 1.54) is 0 Å². The Balaban J connectivity index is 2.52. The second-order valence-electron chi connectivity index (χ2n) is 4.86. The van der Waals surface area contributed by atoms with Gasteiger partial charge in [0.25, 0.3) is 0 Å². The van der Waals surface area contributed by atoms with Crippen molar-refractivity contribution < 1.29 is 14.7 Å². The van der Waals surface area contributed by atoms with Gasteiger partial charge in [0.2, 0.25) is 5.91 Å². The molecule has 2 atom stereocenters. The number of benzene rings is 1. The highest BCUT2D eigenvalue weighted by Crippen LogP contribution is 2.14. The van der Waals surface area contributed by atoms with Crippen molar-refractivity contribution in [3.05, 3.63) is 35.9 Å². The van der Waals surface area contributed by atoms with Crippen molar-refractivity contribution in [1.82, 2.24) is 5.32 Å². The van der Waals surface area contributed by atoms with Crippen LogP contribution < -0.4 is 11.1 Å². The van der Waals surface area contributed by atoms with E-state index in [0.717, 1.165) is 12.8 Å². The van der Waals surface area contributed by atoms with Gasteiger partial charge >= 0.3 is 5.97 Å². The normalized spacial score (nSPS) is 13.5. The first-order chi connectivity index (χ1) is 9.54. The van der Waals surface area contributed by atoms with Gasteiger partial charge in [-0.05, 0) is 12.0 Å². The number of nitrogens with two attached hydrogens (primary N) is 1. The van der Waals surface area contributed by atoms with Crippen LogP contribution in [0.2, 0.25) is 0 Å². The summed E-state index contributed by atoms with van der Waals surface area (Å²) < 4.78 is 0. The number of aliphatic carboxylic acids is 1.